The van der Waals surface area contributed by atoms with Crippen LogP contribution in [-0.2, 0) is 54.5 Å². The van der Waals surface area contributed by atoms with Crippen molar-refractivity contribution in [1.29, 1.82) is 0 Å². The van der Waals surface area contributed by atoms with E-state index in [0.29, 0.717) is 27.3 Å². The fraction of sp³-hybridized carbons (Fsp3) is 0.261. The fourth-order valence-corrected chi connectivity index (χ4v) is 7.69. The number of fused-ring (bicyclic) bond motifs is 18. The van der Waals surface area contributed by atoms with E-state index >= 15 is 0 Å². The van der Waals surface area contributed by atoms with Gasteiger partial charge in [-0.1, -0.05) is 84.9 Å². The van der Waals surface area contributed by atoms with Gasteiger partial charge in [-0.15, -0.1) is 11.3 Å². The molecule has 4 amide bonds. The summed E-state index contributed by atoms with van der Waals surface area (Å²) in [7, 11) is 1.58. The van der Waals surface area contributed by atoms with Crippen molar-refractivity contribution >= 4 is 52.4 Å². The topological polar surface area (TPSA) is 220 Å². The molecule has 61 heavy (non-hydrogen) atoms. The molecule has 0 saturated carbocycles. The van der Waals surface area contributed by atoms with Crippen LogP contribution in [-0.4, -0.2) is 88.1 Å². The molecule has 14 nitrogen and oxygen atoms in total. The second-order valence-electron chi connectivity index (χ2n) is 14.8. The van der Waals surface area contributed by atoms with E-state index < -0.39 is 78.1 Å². The summed E-state index contributed by atoms with van der Waals surface area (Å²) in [6.07, 6.45) is -5.16. The van der Waals surface area contributed by atoms with Gasteiger partial charge in [0.15, 0.2) is 18.0 Å². The third kappa shape index (κ3) is 12.0. The molecule has 7 N–H and O–H groups in total. The summed E-state index contributed by atoms with van der Waals surface area (Å²) in [5.41, 5.74) is 3.81. The molecule has 6 atom stereocenters. The molecular weight excluding hydrogens is 801 g/mol. The number of amides is 4. The Morgan fingerprint density at radius 3 is 1.79 bits per heavy atom. The van der Waals surface area contributed by atoms with Gasteiger partial charge in [0.05, 0.1) is 19.1 Å². The zero-order chi connectivity index (χ0) is 43.5. The van der Waals surface area contributed by atoms with Crippen LogP contribution >= 0.6 is 11.3 Å². The van der Waals surface area contributed by atoms with Crippen LogP contribution in [0.2, 0.25) is 0 Å². The Labute approximate surface area is 356 Å². The van der Waals surface area contributed by atoms with Crippen LogP contribution in [0, 0.1) is 5.92 Å². The van der Waals surface area contributed by atoms with Crippen molar-refractivity contribution in [3.8, 4) is 16.9 Å². The molecule has 1 aromatic heterocycles. The zero-order valence-electron chi connectivity index (χ0n) is 33.2. The highest BCUT2D eigenvalue weighted by atomic mass is 32.1. The first-order chi connectivity index (χ1) is 29.4. The van der Waals surface area contributed by atoms with Crippen molar-refractivity contribution in [2.24, 2.45) is 5.92 Å². The molecular formula is C46H46N4O10S. The molecule has 15 heteroatoms. The number of aliphatic hydroxyl groups excluding tert-OH is 2. The van der Waals surface area contributed by atoms with Gasteiger partial charge in [0.25, 0.3) is 11.8 Å². The Bertz CT molecular complexity index is 2300. The Hall–Kier alpha value is -6.68. The number of carboxylic acids is 1. The van der Waals surface area contributed by atoms with Gasteiger partial charge in [0, 0.05) is 29.8 Å². The molecule has 2 aliphatic heterocycles. The van der Waals surface area contributed by atoms with Gasteiger partial charge >= 0.3 is 5.97 Å². The van der Waals surface area contributed by atoms with E-state index in [0.717, 1.165) is 11.1 Å². The van der Waals surface area contributed by atoms with E-state index in [1.54, 1.807) is 67.1 Å². The Kier molecular flexibility index (Phi) is 14.8. The fourth-order valence-electron chi connectivity index (χ4n) is 6.94. The monoisotopic (exact) mass is 846 g/mol. The minimum absolute atomic E-state index is 0.0284. The predicted octanol–water partition coefficient (Wildman–Crippen LogP) is 3.48. The number of ether oxygens (including phenoxy) is 1. The lowest BCUT2D eigenvalue weighted by Gasteiger charge is -2.26. The number of benzene rings is 4. The first-order valence-electron chi connectivity index (χ1n) is 19.6. The van der Waals surface area contributed by atoms with Gasteiger partial charge in [-0.05, 0) is 76.4 Å². The highest BCUT2D eigenvalue weighted by molar-refractivity contribution is 7.09. The quantitative estimate of drug-likeness (QED) is 0.107. The van der Waals surface area contributed by atoms with Gasteiger partial charge in [0.1, 0.15) is 17.8 Å². The summed E-state index contributed by atoms with van der Waals surface area (Å²) >= 11 is 1.30. The van der Waals surface area contributed by atoms with E-state index in [4.69, 9.17) is 4.74 Å². The van der Waals surface area contributed by atoms with Crippen LogP contribution in [0.25, 0.3) is 11.1 Å². The molecule has 4 aromatic carbocycles. The number of rotatable bonds is 9. The number of carbonyl (C=O) groups excluding carboxylic acids is 5. The van der Waals surface area contributed by atoms with E-state index in [1.165, 1.54) is 35.6 Å². The average Bonchev–Trinajstić information content (AvgIpc) is 3.79. The van der Waals surface area contributed by atoms with Crippen molar-refractivity contribution in [3.63, 3.8) is 0 Å². The van der Waals surface area contributed by atoms with Gasteiger partial charge in [-0.3, -0.25) is 28.8 Å². The van der Waals surface area contributed by atoms with Crippen molar-refractivity contribution < 1.29 is 48.8 Å². The molecule has 2 aliphatic rings. The van der Waals surface area contributed by atoms with Gasteiger partial charge < -0.3 is 41.3 Å². The average molecular weight is 847 g/mol. The minimum atomic E-state index is -2.29. The highest BCUT2D eigenvalue weighted by Gasteiger charge is 2.36. The summed E-state index contributed by atoms with van der Waals surface area (Å²) in [5, 5.41) is 43.9. The largest absolute Gasteiger partial charge is 0.497 e. The van der Waals surface area contributed by atoms with Gasteiger partial charge in [-0.2, -0.15) is 0 Å². The molecule has 0 spiro atoms. The number of thiophene rings is 1. The maximum absolute atomic E-state index is 14.5. The maximum Gasteiger partial charge on any atom is 0.307 e. The normalized spacial score (nSPS) is 21.9. The first kappa shape index (κ1) is 43.9. The molecule has 0 radical (unpaired) electrons. The lowest BCUT2D eigenvalue weighted by molar-refractivity contribution is -0.145. The number of hydrogen-bond donors (Lipinski definition) is 7. The molecule has 2 bridgehead atoms. The number of aliphatic hydroxyl groups is 2. The first-order valence-corrected chi connectivity index (χ1v) is 20.5. The molecule has 3 heterocycles. The molecule has 0 fully saturated rings. The molecule has 316 valence electrons. The summed E-state index contributed by atoms with van der Waals surface area (Å²) in [6.45, 7) is 0. The number of carbonyl (C=O) groups is 6. The Balaban J connectivity index is 1.36. The summed E-state index contributed by atoms with van der Waals surface area (Å²) < 4.78 is 5.27. The van der Waals surface area contributed by atoms with Crippen molar-refractivity contribution in [1.82, 2.24) is 16.0 Å². The Morgan fingerprint density at radius 1 is 0.623 bits per heavy atom. The van der Waals surface area contributed by atoms with Crippen LogP contribution in [0.1, 0.15) is 28.0 Å². The number of anilines is 1. The summed E-state index contributed by atoms with van der Waals surface area (Å²) in [6, 6.07) is 29.2. The predicted molar refractivity (Wildman–Crippen MR) is 228 cm³/mol. The molecule has 0 saturated heterocycles. The van der Waals surface area contributed by atoms with Gasteiger partial charge in [0.2, 0.25) is 11.8 Å². The SMILES string of the molecule is COc1ccc(-c2ccc(C[C@@H]3NC(=O)[C@@H](Cc4cccs4)NC(=O)[C@H](O)[C@@H](O)C(=O)Nc4ccc(cc4)C[C@@H](C(=O)O)CC(=O)[C@@H](Cc4ccccc4)NC3=O)cc2)cc1. The second-order valence-corrected chi connectivity index (χ2v) is 15.8. The maximum atomic E-state index is 14.5. The van der Waals surface area contributed by atoms with E-state index in [1.807, 2.05) is 36.4 Å². The molecule has 0 unspecified atom stereocenters. The second kappa shape index (κ2) is 20.5. The summed E-state index contributed by atoms with van der Waals surface area (Å²) in [4.78, 5) is 82.4. The van der Waals surface area contributed by atoms with Crippen LogP contribution in [0.4, 0.5) is 5.69 Å². The highest BCUT2D eigenvalue weighted by Crippen LogP contribution is 2.24. The third-order valence-electron chi connectivity index (χ3n) is 10.4. The van der Waals surface area contributed by atoms with Gasteiger partial charge in [-0.25, -0.2) is 0 Å². The molecule has 0 aliphatic carbocycles. The van der Waals surface area contributed by atoms with Crippen LogP contribution in [0.15, 0.2) is 121 Å². The number of carboxylic acid groups (broad SMARTS) is 1. The van der Waals surface area contributed by atoms with E-state index in [9.17, 15) is 44.1 Å². The van der Waals surface area contributed by atoms with Crippen LogP contribution in [0.3, 0.4) is 0 Å². The standard InChI is InChI=1S/C46H46N4O10S/c1-60-34-19-15-31(16-20-34)30-13-9-29(10-14-30)24-37-42(54)48-36(23-27-6-3-2-4-7-27)39(51)25-32(46(58)59)22-28-11-17-33(18-12-28)47-44(56)40(52)41(53)45(57)50-38(43(55)49-37)26-35-8-5-21-61-35/h2-21,32,36-38,40-41,52-53H,22-26H2,1H3,(H,47,56)(H,48,54)(H,49,55)(H,50,57)(H,58,59)/t32-,36-,37+,38-,40-,41-/m1/s1. The van der Waals surface area contributed by atoms with Crippen LogP contribution < -0.4 is 26.0 Å². The lowest BCUT2D eigenvalue weighted by Crippen LogP contribution is -2.58. The van der Waals surface area contributed by atoms with Crippen molar-refractivity contribution in [2.45, 2.75) is 62.4 Å². The third-order valence-corrected chi connectivity index (χ3v) is 11.3. The Morgan fingerprint density at radius 2 is 1.18 bits per heavy atom. The number of Topliss-reactive ketones (excluding diaryl/α,β-unsaturated/α-hetero) is 1. The molecule has 5 aromatic rings. The number of nitrogens with one attached hydrogen (secondary N) is 4. The number of hydrogen-bond acceptors (Lipinski definition) is 10. The smallest absolute Gasteiger partial charge is 0.307 e. The van der Waals surface area contributed by atoms with E-state index in [2.05, 4.69) is 21.3 Å². The summed E-state index contributed by atoms with van der Waals surface area (Å²) in [5.74, 6) is -6.18. The van der Waals surface area contributed by atoms with Crippen LogP contribution in [0.5, 0.6) is 5.75 Å². The number of ketones is 1. The number of methoxy groups -OCH3 is 1. The zero-order valence-corrected chi connectivity index (χ0v) is 34.0. The van der Waals surface area contributed by atoms with Crippen molar-refractivity contribution in [2.75, 3.05) is 12.4 Å². The van der Waals surface area contributed by atoms with E-state index in [-0.39, 0.29) is 31.4 Å². The lowest BCUT2D eigenvalue weighted by atomic mass is 9.90. The number of aliphatic carboxylic acids is 1. The molecule has 7 rings (SSSR count). The van der Waals surface area contributed by atoms with Crippen molar-refractivity contribution in [3.05, 3.63) is 142 Å². The minimum Gasteiger partial charge on any atom is -0.497 e.